The van der Waals surface area contributed by atoms with Gasteiger partial charge in [0.2, 0.25) is 0 Å². The minimum Gasteiger partial charge on any atom is -0.481 e. The molecular weight excluding hydrogens is 290 g/mol. The van der Waals surface area contributed by atoms with E-state index in [0.29, 0.717) is 0 Å². The zero-order valence-corrected chi connectivity index (χ0v) is 12.0. The Hall–Kier alpha value is -2.98. The number of aromatic amines is 1. The summed E-state index contributed by atoms with van der Waals surface area (Å²) in [4.78, 5) is 36.0. The van der Waals surface area contributed by atoms with Crippen LogP contribution in [-0.2, 0) is 19.2 Å². The third-order valence-corrected chi connectivity index (χ3v) is 0.331. The summed E-state index contributed by atoms with van der Waals surface area (Å²) in [6, 6.07) is 0. The minimum absolute atomic E-state index is 0.833. The predicted molar refractivity (Wildman–Crippen MR) is 69.6 cm³/mol. The Bertz CT molecular complexity index is 296. The fourth-order valence-electron chi connectivity index (χ4n) is 0.167. The van der Waals surface area contributed by atoms with Crippen molar-refractivity contribution in [2.75, 3.05) is 0 Å². The number of carboxylic acids is 4. The van der Waals surface area contributed by atoms with Gasteiger partial charge >= 0.3 is 0 Å². The van der Waals surface area contributed by atoms with Gasteiger partial charge in [0.25, 0.3) is 23.9 Å². The van der Waals surface area contributed by atoms with Crippen LogP contribution >= 0.6 is 0 Å². The molecule has 0 atom stereocenters. The first-order chi connectivity index (χ1) is 9.43. The maximum absolute atomic E-state index is 9.00. The number of carbonyl (C=O) groups is 4. The lowest BCUT2D eigenvalue weighted by Gasteiger charge is -1.59. The first-order valence-electron chi connectivity index (χ1n) is 5.01. The lowest BCUT2D eigenvalue weighted by molar-refractivity contribution is -0.135. The van der Waals surface area contributed by atoms with Gasteiger partial charge in [-0.2, -0.15) is 0 Å². The third-order valence-electron chi connectivity index (χ3n) is 0.331. The van der Waals surface area contributed by atoms with E-state index in [0.717, 1.165) is 27.7 Å². The molecule has 11 nitrogen and oxygen atoms in total. The molecule has 1 heterocycles. The van der Waals surface area contributed by atoms with E-state index < -0.39 is 23.9 Å². The van der Waals surface area contributed by atoms with Crippen LogP contribution in [0.15, 0.2) is 12.4 Å². The van der Waals surface area contributed by atoms with Crippen molar-refractivity contribution in [3.05, 3.63) is 12.4 Å². The summed E-state index contributed by atoms with van der Waals surface area (Å²) in [7, 11) is 0. The van der Waals surface area contributed by atoms with Gasteiger partial charge in [0, 0.05) is 33.9 Å². The largest absolute Gasteiger partial charge is 0.481 e. The van der Waals surface area contributed by atoms with Crippen molar-refractivity contribution in [2.45, 2.75) is 27.7 Å². The summed E-state index contributed by atoms with van der Waals surface area (Å²) in [5.74, 6) is -3.33. The summed E-state index contributed by atoms with van der Waals surface area (Å²) < 4.78 is 0. The number of aromatic nitrogens is 3. The highest BCUT2D eigenvalue weighted by Crippen LogP contribution is 1.55. The highest BCUT2D eigenvalue weighted by Gasteiger charge is 1.66. The van der Waals surface area contributed by atoms with Crippen LogP contribution in [0.3, 0.4) is 0 Å². The highest BCUT2D eigenvalue weighted by atomic mass is 16.4. The third kappa shape index (κ3) is 941. The van der Waals surface area contributed by atoms with E-state index in [2.05, 4.69) is 15.4 Å². The van der Waals surface area contributed by atoms with Gasteiger partial charge in [0.1, 0.15) is 0 Å². The Morgan fingerprint density at radius 2 is 1.00 bits per heavy atom. The van der Waals surface area contributed by atoms with Crippen LogP contribution in [0.25, 0.3) is 0 Å². The molecule has 0 saturated carbocycles. The molecule has 0 unspecified atom stereocenters. The zero-order valence-electron chi connectivity index (χ0n) is 12.0. The fourth-order valence-corrected chi connectivity index (χ4v) is 0.167. The first-order valence-corrected chi connectivity index (χ1v) is 5.01. The van der Waals surface area contributed by atoms with Crippen molar-refractivity contribution in [2.24, 2.45) is 0 Å². The monoisotopic (exact) mass is 309 g/mol. The molecule has 1 rings (SSSR count). The molecular formula is C10H19N3O8. The number of H-pyrrole nitrogens is 1. The lowest BCUT2D eigenvalue weighted by atomic mass is 10.9. The number of carboxylic acid groups (broad SMARTS) is 4. The SMILES string of the molecule is CC(=O)O.CC(=O)O.CC(=O)O.CC(=O)O.c1c[nH]nn1. The van der Waals surface area contributed by atoms with Crippen molar-refractivity contribution in [3.8, 4) is 0 Å². The molecule has 1 aromatic heterocycles. The van der Waals surface area contributed by atoms with Crippen molar-refractivity contribution >= 4 is 23.9 Å². The Balaban J connectivity index is -0.0000000866. The Morgan fingerprint density at radius 3 is 1.05 bits per heavy atom. The van der Waals surface area contributed by atoms with Crippen LogP contribution in [0.2, 0.25) is 0 Å². The average Bonchev–Trinajstić information content (AvgIpc) is 2.68. The van der Waals surface area contributed by atoms with E-state index in [-0.39, 0.29) is 0 Å². The summed E-state index contributed by atoms with van der Waals surface area (Å²) in [5.41, 5.74) is 0. The number of aliphatic carboxylic acids is 4. The van der Waals surface area contributed by atoms with Crippen molar-refractivity contribution < 1.29 is 39.6 Å². The van der Waals surface area contributed by atoms with Gasteiger partial charge in [-0.3, -0.25) is 24.3 Å². The number of rotatable bonds is 0. The second-order valence-electron chi connectivity index (χ2n) is 2.74. The molecule has 21 heavy (non-hydrogen) atoms. The van der Waals surface area contributed by atoms with Crippen LogP contribution in [0, 0.1) is 0 Å². The van der Waals surface area contributed by atoms with Crippen molar-refractivity contribution in [1.82, 2.24) is 15.4 Å². The molecule has 0 bridgehead atoms. The standard InChI is InChI=1S/C2H3N3.4C2H4O2/c1-2-4-5-3-1;4*1-2(3)4/h1-2H,(H,3,4,5);4*1H3,(H,3,4). The summed E-state index contributed by atoms with van der Waals surface area (Å²) in [6.45, 7) is 4.33. The quantitative estimate of drug-likeness (QED) is 0.441. The lowest BCUT2D eigenvalue weighted by Crippen LogP contribution is -1.78. The molecule has 0 radical (unpaired) electrons. The zero-order chi connectivity index (χ0) is 17.8. The molecule has 0 aliphatic rings. The van der Waals surface area contributed by atoms with Gasteiger partial charge in [-0.25, -0.2) is 0 Å². The van der Waals surface area contributed by atoms with E-state index in [1.807, 2.05) is 0 Å². The molecule has 0 spiro atoms. The molecule has 0 saturated heterocycles. The van der Waals surface area contributed by atoms with Crippen LogP contribution in [-0.4, -0.2) is 59.7 Å². The second kappa shape index (κ2) is 22.2. The molecule has 0 fully saturated rings. The molecule has 5 N–H and O–H groups in total. The number of hydrogen-bond donors (Lipinski definition) is 5. The first kappa shape index (κ1) is 26.6. The molecule has 122 valence electrons. The maximum Gasteiger partial charge on any atom is 0.300 e. The van der Waals surface area contributed by atoms with Gasteiger partial charge in [-0.05, 0) is 0 Å². The number of nitrogens with one attached hydrogen (secondary N) is 1. The summed E-state index contributed by atoms with van der Waals surface area (Å²) >= 11 is 0. The smallest absolute Gasteiger partial charge is 0.300 e. The second-order valence-corrected chi connectivity index (χ2v) is 2.74. The molecule has 11 heteroatoms. The van der Waals surface area contributed by atoms with Crippen LogP contribution in [0.1, 0.15) is 27.7 Å². The minimum atomic E-state index is -0.833. The number of nitrogens with zero attached hydrogens (tertiary/aromatic N) is 2. The van der Waals surface area contributed by atoms with Gasteiger partial charge in [0.15, 0.2) is 0 Å². The fraction of sp³-hybridized carbons (Fsp3) is 0.400. The van der Waals surface area contributed by atoms with Gasteiger partial charge in [-0.15, -0.1) is 5.10 Å². The molecule has 0 aromatic carbocycles. The Labute approximate surface area is 120 Å². The van der Waals surface area contributed by atoms with Gasteiger partial charge < -0.3 is 20.4 Å². The highest BCUT2D eigenvalue weighted by molar-refractivity contribution is 5.63. The van der Waals surface area contributed by atoms with Crippen LogP contribution < -0.4 is 0 Å². The predicted octanol–water partition coefficient (Wildman–Crippen LogP) is 0.168. The van der Waals surface area contributed by atoms with E-state index in [1.54, 1.807) is 12.4 Å². The summed E-state index contributed by atoms with van der Waals surface area (Å²) in [5, 5.41) is 38.9. The molecule has 1 aromatic rings. The maximum atomic E-state index is 9.00. The topological polar surface area (TPSA) is 191 Å². The average molecular weight is 309 g/mol. The molecule has 0 amide bonds. The summed E-state index contributed by atoms with van der Waals surface area (Å²) in [6.07, 6.45) is 3.24. The van der Waals surface area contributed by atoms with Crippen LogP contribution in [0.4, 0.5) is 0 Å². The Morgan fingerprint density at radius 1 is 0.762 bits per heavy atom. The van der Waals surface area contributed by atoms with E-state index in [4.69, 9.17) is 39.6 Å². The normalized spacial score (nSPS) is 6.67. The molecule has 0 aliphatic carbocycles. The van der Waals surface area contributed by atoms with E-state index in [9.17, 15) is 0 Å². The van der Waals surface area contributed by atoms with E-state index in [1.165, 1.54) is 0 Å². The molecule has 0 aliphatic heterocycles. The van der Waals surface area contributed by atoms with E-state index >= 15 is 0 Å². The van der Waals surface area contributed by atoms with Crippen LogP contribution in [0.5, 0.6) is 0 Å². The van der Waals surface area contributed by atoms with Crippen molar-refractivity contribution in [1.29, 1.82) is 0 Å². The Kier molecular flexibility index (Phi) is 28.1. The van der Waals surface area contributed by atoms with Gasteiger partial charge in [-0.1, -0.05) is 5.21 Å². The number of hydrogen-bond acceptors (Lipinski definition) is 6. The van der Waals surface area contributed by atoms with Crippen molar-refractivity contribution in [3.63, 3.8) is 0 Å². The van der Waals surface area contributed by atoms with Gasteiger partial charge in [0.05, 0.1) is 6.20 Å².